The molecule has 22 heavy (non-hydrogen) atoms. The second-order valence-electron chi connectivity index (χ2n) is 5.73. The number of rotatable bonds is 5. The van der Waals surface area contributed by atoms with Crippen LogP contribution in [0.15, 0.2) is 41.1 Å². The molecule has 5 heteroatoms. The first kappa shape index (κ1) is 14.8. The van der Waals surface area contributed by atoms with E-state index < -0.39 is 5.97 Å². The van der Waals surface area contributed by atoms with Gasteiger partial charge in [0.1, 0.15) is 5.76 Å². The third kappa shape index (κ3) is 3.54. The van der Waals surface area contributed by atoms with E-state index in [-0.39, 0.29) is 5.69 Å². The number of nitrogens with zero attached hydrogens (tertiary/aromatic N) is 2. The first-order valence-electron chi connectivity index (χ1n) is 7.56. The van der Waals surface area contributed by atoms with Crippen molar-refractivity contribution < 1.29 is 13.9 Å². The van der Waals surface area contributed by atoms with Gasteiger partial charge in [0, 0.05) is 19.0 Å². The Morgan fingerprint density at radius 2 is 2.23 bits per heavy atom. The molecule has 3 rings (SSSR count). The summed E-state index contributed by atoms with van der Waals surface area (Å²) in [5.41, 5.74) is 1.59. The molecule has 0 amide bonds. The van der Waals surface area contributed by atoms with Gasteiger partial charge in [-0.2, -0.15) is 0 Å². The van der Waals surface area contributed by atoms with Crippen LogP contribution in [0.25, 0.3) is 0 Å². The molecule has 2 aromatic rings. The van der Waals surface area contributed by atoms with Gasteiger partial charge in [-0.1, -0.05) is 30.3 Å². The van der Waals surface area contributed by atoms with Crippen LogP contribution in [0.3, 0.4) is 0 Å². The zero-order valence-electron chi connectivity index (χ0n) is 12.7. The van der Waals surface area contributed by atoms with Gasteiger partial charge >= 0.3 is 5.97 Å². The number of aryl methyl sites for hydroxylation is 1. The number of aromatic nitrogens is 1. The van der Waals surface area contributed by atoms with Crippen molar-refractivity contribution in [2.24, 2.45) is 5.92 Å². The topological polar surface area (TPSA) is 55.6 Å². The van der Waals surface area contributed by atoms with E-state index in [9.17, 15) is 4.79 Å². The number of likely N-dealkylation sites (tertiary alicyclic amines) is 1. The number of carbonyl (C=O) groups is 1. The number of ether oxygens (including phenoxy) is 1. The quantitative estimate of drug-likeness (QED) is 0.795. The summed E-state index contributed by atoms with van der Waals surface area (Å²) in [4.78, 5) is 18.2. The average Bonchev–Trinajstić information content (AvgIpc) is 3.15. The molecule has 1 fully saturated rings. The molecule has 0 saturated carbocycles. The molecular formula is C17H20N2O3. The fraction of sp³-hybridized carbons (Fsp3) is 0.412. The standard InChI is InChI=1S/C17H20N2O3/c1-13-16(18-12-22-13)17(20)21-11-15-7-8-19(10-15)9-14-5-3-2-4-6-14/h2-6,12,15H,7-11H2,1H3/t15-/m1/s1. The minimum Gasteiger partial charge on any atom is -0.461 e. The lowest BCUT2D eigenvalue weighted by atomic mass is 10.1. The number of hydrogen-bond acceptors (Lipinski definition) is 5. The highest BCUT2D eigenvalue weighted by Crippen LogP contribution is 2.19. The smallest absolute Gasteiger partial charge is 0.360 e. The molecule has 0 bridgehead atoms. The second-order valence-corrected chi connectivity index (χ2v) is 5.73. The van der Waals surface area contributed by atoms with E-state index in [2.05, 4.69) is 34.1 Å². The predicted octanol–water partition coefficient (Wildman–Crippen LogP) is 2.66. The van der Waals surface area contributed by atoms with Crippen molar-refractivity contribution in [3.8, 4) is 0 Å². The third-order valence-electron chi connectivity index (χ3n) is 4.01. The van der Waals surface area contributed by atoms with Gasteiger partial charge in [0.15, 0.2) is 12.1 Å². The van der Waals surface area contributed by atoms with Crippen LogP contribution < -0.4 is 0 Å². The third-order valence-corrected chi connectivity index (χ3v) is 4.01. The summed E-state index contributed by atoms with van der Waals surface area (Å²) in [6.45, 7) is 5.10. The Kier molecular flexibility index (Phi) is 4.53. The lowest BCUT2D eigenvalue weighted by molar-refractivity contribution is 0.0435. The number of carbonyl (C=O) groups excluding carboxylic acids is 1. The molecule has 5 nitrogen and oxygen atoms in total. The molecule has 116 valence electrons. The van der Waals surface area contributed by atoms with Crippen LogP contribution in [-0.4, -0.2) is 35.5 Å². The second kappa shape index (κ2) is 6.75. The van der Waals surface area contributed by atoms with Crippen molar-refractivity contribution in [1.29, 1.82) is 0 Å². The Balaban J connectivity index is 1.45. The minimum absolute atomic E-state index is 0.277. The van der Waals surface area contributed by atoms with Gasteiger partial charge < -0.3 is 9.15 Å². The molecule has 2 heterocycles. The Labute approximate surface area is 129 Å². The highest BCUT2D eigenvalue weighted by molar-refractivity contribution is 5.88. The van der Waals surface area contributed by atoms with E-state index in [0.29, 0.717) is 18.3 Å². The normalized spacial score (nSPS) is 18.5. The van der Waals surface area contributed by atoms with Gasteiger partial charge in [-0.25, -0.2) is 9.78 Å². The van der Waals surface area contributed by atoms with Gasteiger partial charge in [-0.3, -0.25) is 4.90 Å². The largest absolute Gasteiger partial charge is 0.461 e. The molecule has 0 radical (unpaired) electrons. The molecule has 1 aliphatic rings. The fourth-order valence-corrected chi connectivity index (χ4v) is 2.80. The summed E-state index contributed by atoms with van der Waals surface area (Å²) in [6, 6.07) is 10.4. The van der Waals surface area contributed by atoms with E-state index in [1.165, 1.54) is 12.0 Å². The number of oxazole rings is 1. The Morgan fingerprint density at radius 1 is 1.41 bits per heavy atom. The van der Waals surface area contributed by atoms with Gasteiger partial charge in [-0.05, 0) is 25.5 Å². The average molecular weight is 300 g/mol. The maximum Gasteiger partial charge on any atom is 0.360 e. The molecule has 0 unspecified atom stereocenters. The van der Waals surface area contributed by atoms with E-state index in [0.717, 1.165) is 26.1 Å². The zero-order chi connectivity index (χ0) is 15.4. The Hall–Kier alpha value is -2.14. The zero-order valence-corrected chi connectivity index (χ0v) is 12.7. The highest BCUT2D eigenvalue weighted by atomic mass is 16.5. The van der Waals surface area contributed by atoms with E-state index in [1.54, 1.807) is 6.92 Å². The van der Waals surface area contributed by atoms with Crippen molar-refractivity contribution >= 4 is 5.97 Å². The van der Waals surface area contributed by atoms with Gasteiger partial charge in [0.2, 0.25) is 0 Å². The number of hydrogen-bond donors (Lipinski definition) is 0. The minimum atomic E-state index is -0.396. The molecule has 1 atom stereocenters. The summed E-state index contributed by atoms with van der Waals surface area (Å²) < 4.78 is 10.4. The van der Waals surface area contributed by atoms with Crippen molar-refractivity contribution in [2.45, 2.75) is 19.9 Å². The molecule has 0 aliphatic carbocycles. The summed E-state index contributed by atoms with van der Waals surface area (Å²) in [6.07, 6.45) is 2.32. The summed E-state index contributed by atoms with van der Waals surface area (Å²) >= 11 is 0. The molecule has 0 N–H and O–H groups in total. The maximum atomic E-state index is 11.9. The van der Waals surface area contributed by atoms with Gasteiger partial charge in [0.25, 0.3) is 0 Å². The van der Waals surface area contributed by atoms with E-state index >= 15 is 0 Å². The Bertz CT molecular complexity index is 624. The van der Waals surface area contributed by atoms with E-state index in [4.69, 9.17) is 9.15 Å². The molecule has 1 aliphatic heterocycles. The van der Waals surface area contributed by atoms with E-state index in [1.807, 2.05) is 6.07 Å². The SMILES string of the molecule is Cc1ocnc1C(=O)OC[C@@H]1CCN(Cc2ccccc2)C1. The summed E-state index contributed by atoms with van der Waals surface area (Å²) in [7, 11) is 0. The van der Waals surface area contributed by atoms with Crippen molar-refractivity contribution in [3.05, 3.63) is 53.7 Å². The summed E-state index contributed by atoms with van der Waals surface area (Å²) in [5, 5.41) is 0. The van der Waals surface area contributed by atoms with Crippen LogP contribution in [-0.2, 0) is 11.3 Å². The van der Waals surface area contributed by atoms with Gasteiger partial charge in [0.05, 0.1) is 6.61 Å². The van der Waals surface area contributed by atoms with Crippen LogP contribution in [0, 0.1) is 12.8 Å². The lowest BCUT2D eigenvalue weighted by Crippen LogP contribution is -2.22. The lowest BCUT2D eigenvalue weighted by Gasteiger charge is -2.16. The van der Waals surface area contributed by atoms with Gasteiger partial charge in [-0.15, -0.1) is 0 Å². The molecule has 0 spiro atoms. The van der Waals surface area contributed by atoms with Crippen molar-refractivity contribution in [2.75, 3.05) is 19.7 Å². The molecule has 1 aromatic heterocycles. The summed E-state index contributed by atoms with van der Waals surface area (Å²) in [5.74, 6) is 0.495. The van der Waals surface area contributed by atoms with Crippen LogP contribution in [0.5, 0.6) is 0 Å². The molecule has 1 saturated heterocycles. The van der Waals surface area contributed by atoms with Crippen LogP contribution >= 0.6 is 0 Å². The van der Waals surface area contributed by atoms with Crippen LogP contribution in [0.2, 0.25) is 0 Å². The van der Waals surface area contributed by atoms with Crippen molar-refractivity contribution in [1.82, 2.24) is 9.88 Å². The van der Waals surface area contributed by atoms with Crippen LogP contribution in [0.1, 0.15) is 28.2 Å². The Morgan fingerprint density at radius 3 is 2.95 bits per heavy atom. The molecule has 1 aromatic carbocycles. The number of esters is 1. The maximum absolute atomic E-state index is 11.9. The predicted molar refractivity (Wildman–Crippen MR) is 81.3 cm³/mol. The van der Waals surface area contributed by atoms with Crippen LogP contribution in [0.4, 0.5) is 0 Å². The fourth-order valence-electron chi connectivity index (χ4n) is 2.80. The monoisotopic (exact) mass is 300 g/mol. The number of benzene rings is 1. The van der Waals surface area contributed by atoms with Crippen molar-refractivity contribution in [3.63, 3.8) is 0 Å². The first-order valence-corrected chi connectivity index (χ1v) is 7.56. The highest BCUT2D eigenvalue weighted by Gasteiger charge is 2.24. The molecular weight excluding hydrogens is 280 g/mol. The first-order chi connectivity index (χ1) is 10.7.